The van der Waals surface area contributed by atoms with Gasteiger partial charge in [0.05, 0.1) is 24.0 Å². The molecule has 2 heterocycles. The first kappa shape index (κ1) is 25.2. The molecule has 4 rings (SSSR count). The largest absolute Gasteiger partial charge is 0.396 e. The van der Waals surface area contributed by atoms with Crippen molar-refractivity contribution < 1.29 is 5.11 Å². The van der Waals surface area contributed by atoms with E-state index < -0.39 is 0 Å². The molecule has 0 fully saturated rings. The number of hydrogen-bond acceptors (Lipinski definition) is 2. The molecule has 0 radical (unpaired) electrons. The molecule has 4 aromatic rings. The number of aliphatic hydroxyl groups excluding tert-OH is 1. The zero-order valence-corrected chi connectivity index (χ0v) is 22.2. The Morgan fingerprint density at radius 3 is 2.11 bits per heavy atom. The molecule has 2 aromatic carbocycles. The molecule has 184 valence electrons. The lowest BCUT2D eigenvalue weighted by atomic mass is 9.90. The average Bonchev–Trinajstić information content (AvgIpc) is 3.25. The van der Waals surface area contributed by atoms with E-state index in [2.05, 4.69) is 101 Å². The van der Waals surface area contributed by atoms with Crippen molar-refractivity contribution in [2.45, 2.75) is 72.6 Å². The fourth-order valence-corrected chi connectivity index (χ4v) is 5.29. The summed E-state index contributed by atoms with van der Waals surface area (Å²) in [5.74, 6) is 1.10. The van der Waals surface area contributed by atoms with Crippen molar-refractivity contribution in [2.75, 3.05) is 6.61 Å². The van der Waals surface area contributed by atoms with Gasteiger partial charge >= 0.3 is 0 Å². The van der Waals surface area contributed by atoms with E-state index in [1.807, 2.05) is 6.20 Å². The SMILES string of the molecule is CCc1cccc(CC)c1-c1cc2c(C(CO)CC(C)C)cn(-c3ccc(C(C)C)cc3)c2cn1. The summed E-state index contributed by atoms with van der Waals surface area (Å²) >= 11 is 0. The van der Waals surface area contributed by atoms with Crippen LogP contribution < -0.4 is 0 Å². The number of aryl methyl sites for hydroxylation is 2. The molecule has 0 aliphatic rings. The van der Waals surface area contributed by atoms with E-state index in [0.29, 0.717) is 11.8 Å². The predicted octanol–water partition coefficient (Wildman–Crippen LogP) is 8.06. The lowest BCUT2D eigenvalue weighted by Gasteiger charge is -2.17. The van der Waals surface area contributed by atoms with Crippen molar-refractivity contribution in [1.29, 1.82) is 0 Å². The van der Waals surface area contributed by atoms with Crippen LogP contribution in [0.4, 0.5) is 0 Å². The molecule has 0 aliphatic heterocycles. The van der Waals surface area contributed by atoms with Gasteiger partial charge in [-0.25, -0.2) is 0 Å². The Morgan fingerprint density at radius 1 is 0.914 bits per heavy atom. The summed E-state index contributed by atoms with van der Waals surface area (Å²) in [6.07, 6.45) is 7.17. The van der Waals surface area contributed by atoms with Crippen LogP contribution in [0.15, 0.2) is 60.9 Å². The van der Waals surface area contributed by atoms with Gasteiger partial charge < -0.3 is 9.67 Å². The maximum Gasteiger partial charge on any atom is 0.0716 e. The molecule has 0 saturated carbocycles. The van der Waals surface area contributed by atoms with Gasteiger partial charge in [0, 0.05) is 28.8 Å². The number of nitrogens with zero attached hydrogens (tertiary/aromatic N) is 2. The van der Waals surface area contributed by atoms with Gasteiger partial charge in [0.2, 0.25) is 0 Å². The fourth-order valence-electron chi connectivity index (χ4n) is 5.29. The minimum absolute atomic E-state index is 0.0935. The highest BCUT2D eigenvalue weighted by atomic mass is 16.3. The molecular weight excluding hydrogens is 428 g/mol. The molecule has 1 unspecified atom stereocenters. The van der Waals surface area contributed by atoms with Crippen molar-refractivity contribution in [3.63, 3.8) is 0 Å². The molecule has 0 bridgehead atoms. The second kappa shape index (κ2) is 10.8. The predicted molar refractivity (Wildman–Crippen MR) is 149 cm³/mol. The van der Waals surface area contributed by atoms with Crippen LogP contribution in [0.1, 0.15) is 82.1 Å². The van der Waals surface area contributed by atoms with Crippen molar-refractivity contribution in [2.24, 2.45) is 5.92 Å². The van der Waals surface area contributed by atoms with Crippen LogP contribution in [0, 0.1) is 5.92 Å². The fraction of sp³-hybridized carbons (Fsp3) is 0.406. The molecule has 35 heavy (non-hydrogen) atoms. The highest BCUT2D eigenvalue weighted by molar-refractivity contribution is 5.89. The standard InChI is InChI=1S/C32H40N2O/c1-7-23-10-9-11-24(8-2)32(23)30-17-28-29(26(20-35)16-21(3)4)19-34(31(28)18-33-30)27-14-12-25(13-15-27)22(5)6/h9-15,17-19,21-22,26,35H,7-8,16,20H2,1-6H3. The van der Waals surface area contributed by atoms with Gasteiger partial charge in [-0.05, 0) is 71.6 Å². The molecule has 1 atom stereocenters. The van der Waals surface area contributed by atoms with Crippen LogP contribution in [0.5, 0.6) is 0 Å². The first-order chi connectivity index (χ1) is 16.9. The normalized spacial score (nSPS) is 12.7. The van der Waals surface area contributed by atoms with Crippen molar-refractivity contribution >= 4 is 10.9 Å². The summed E-state index contributed by atoms with van der Waals surface area (Å²) in [7, 11) is 0. The van der Waals surface area contributed by atoms with Gasteiger partial charge in [0.1, 0.15) is 0 Å². The summed E-state index contributed by atoms with van der Waals surface area (Å²) < 4.78 is 2.25. The van der Waals surface area contributed by atoms with Gasteiger partial charge in [-0.15, -0.1) is 0 Å². The Morgan fingerprint density at radius 2 is 1.57 bits per heavy atom. The summed E-state index contributed by atoms with van der Waals surface area (Å²) in [4.78, 5) is 5.00. The number of rotatable bonds is 9. The molecule has 2 aromatic heterocycles. The molecule has 0 aliphatic carbocycles. The topological polar surface area (TPSA) is 38.0 Å². The van der Waals surface area contributed by atoms with Gasteiger partial charge in [-0.1, -0.05) is 71.9 Å². The molecule has 3 heteroatoms. The summed E-state index contributed by atoms with van der Waals surface area (Å²) in [5, 5.41) is 11.6. The van der Waals surface area contributed by atoms with E-state index >= 15 is 0 Å². The van der Waals surface area contributed by atoms with E-state index in [1.54, 1.807) is 0 Å². The Kier molecular flexibility index (Phi) is 7.76. The molecular formula is C32H40N2O. The Hall–Kier alpha value is -2.91. The van der Waals surface area contributed by atoms with Crippen molar-refractivity contribution in [1.82, 2.24) is 9.55 Å². The Balaban J connectivity index is 1.94. The zero-order valence-electron chi connectivity index (χ0n) is 22.2. The lowest BCUT2D eigenvalue weighted by molar-refractivity contribution is 0.249. The van der Waals surface area contributed by atoms with E-state index in [-0.39, 0.29) is 12.5 Å². The number of hydrogen-bond donors (Lipinski definition) is 1. The third-order valence-electron chi connectivity index (χ3n) is 7.23. The maximum atomic E-state index is 10.4. The van der Waals surface area contributed by atoms with Crippen LogP contribution in [-0.2, 0) is 12.8 Å². The quantitative estimate of drug-likeness (QED) is 0.270. The third kappa shape index (κ3) is 5.06. The minimum Gasteiger partial charge on any atom is -0.396 e. The van der Waals surface area contributed by atoms with Crippen molar-refractivity contribution in [3.8, 4) is 16.9 Å². The maximum absolute atomic E-state index is 10.4. The van der Waals surface area contributed by atoms with Crippen LogP contribution in [-0.4, -0.2) is 21.3 Å². The summed E-state index contributed by atoms with van der Waals surface area (Å²) in [6.45, 7) is 13.5. The van der Waals surface area contributed by atoms with Gasteiger partial charge in [-0.3, -0.25) is 4.98 Å². The van der Waals surface area contributed by atoms with E-state index in [9.17, 15) is 5.11 Å². The summed E-state index contributed by atoms with van der Waals surface area (Å²) in [5.41, 5.74) is 9.73. The average molecular weight is 469 g/mol. The van der Waals surface area contributed by atoms with Crippen LogP contribution in [0.25, 0.3) is 27.8 Å². The third-order valence-corrected chi connectivity index (χ3v) is 7.23. The first-order valence-electron chi connectivity index (χ1n) is 13.2. The Bertz CT molecular complexity index is 1260. The van der Waals surface area contributed by atoms with Crippen molar-refractivity contribution in [3.05, 3.63) is 83.2 Å². The van der Waals surface area contributed by atoms with E-state index in [4.69, 9.17) is 4.98 Å². The van der Waals surface area contributed by atoms with Gasteiger partial charge in [-0.2, -0.15) is 0 Å². The molecule has 1 N–H and O–H groups in total. The highest BCUT2D eigenvalue weighted by Gasteiger charge is 2.21. The monoisotopic (exact) mass is 468 g/mol. The second-order valence-corrected chi connectivity index (χ2v) is 10.5. The molecule has 0 spiro atoms. The lowest BCUT2D eigenvalue weighted by Crippen LogP contribution is -2.07. The van der Waals surface area contributed by atoms with E-state index in [0.717, 1.165) is 36.2 Å². The minimum atomic E-state index is 0.0935. The molecule has 3 nitrogen and oxygen atoms in total. The second-order valence-electron chi connectivity index (χ2n) is 10.5. The zero-order chi connectivity index (χ0) is 25.1. The van der Waals surface area contributed by atoms with Crippen LogP contribution in [0.3, 0.4) is 0 Å². The van der Waals surface area contributed by atoms with Crippen LogP contribution >= 0.6 is 0 Å². The highest BCUT2D eigenvalue weighted by Crippen LogP contribution is 2.36. The van der Waals surface area contributed by atoms with Gasteiger partial charge in [0.25, 0.3) is 0 Å². The Labute approximate surface area is 210 Å². The molecule has 0 amide bonds. The number of benzene rings is 2. The number of pyridine rings is 1. The van der Waals surface area contributed by atoms with Gasteiger partial charge in [0.15, 0.2) is 0 Å². The summed E-state index contributed by atoms with van der Waals surface area (Å²) in [6, 6.07) is 17.7. The van der Waals surface area contributed by atoms with Crippen LogP contribution in [0.2, 0.25) is 0 Å². The number of aromatic nitrogens is 2. The number of fused-ring (bicyclic) bond motifs is 1. The first-order valence-corrected chi connectivity index (χ1v) is 13.2. The number of aliphatic hydroxyl groups is 1. The van der Waals surface area contributed by atoms with E-state index in [1.165, 1.54) is 33.2 Å². The smallest absolute Gasteiger partial charge is 0.0716 e. The molecule has 0 saturated heterocycles.